The highest BCUT2D eigenvalue weighted by Gasteiger charge is 2.40. The summed E-state index contributed by atoms with van der Waals surface area (Å²) in [6.45, 7) is 7.15. The Labute approximate surface area is 117 Å². The Bertz CT molecular complexity index is 591. The van der Waals surface area contributed by atoms with Gasteiger partial charge in [0, 0.05) is 17.0 Å². The van der Waals surface area contributed by atoms with Crippen molar-refractivity contribution < 1.29 is 4.74 Å². The monoisotopic (exact) mass is 274 g/mol. The zero-order valence-electron chi connectivity index (χ0n) is 11.4. The van der Waals surface area contributed by atoms with Crippen LogP contribution in [0.5, 0.6) is 5.75 Å². The number of fused-ring (bicyclic) bond motifs is 1. The van der Waals surface area contributed by atoms with Gasteiger partial charge in [0.15, 0.2) is 0 Å². The van der Waals surface area contributed by atoms with E-state index in [-0.39, 0.29) is 11.6 Å². The lowest BCUT2D eigenvalue weighted by Crippen LogP contribution is -2.38. The molecule has 0 aliphatic carbocycles. The number of aromatic nitrogens is 1. The van der Waals surface area contributed by atoms with Gasteiger partial charge in [-0.25, -0.2) is 4.98 Å². The van der Waals surface area contributed by atoms with Gasteiger partial charge < -0.3 is 10.1 Å². The fraction of sp³-hybridized carbons (Fsp3) is 0.400. The molecule has 0 radical (unpaired) electrons. The van der Waals surface area contributed by atoms with Crippen molar-refractivity contribution in [3.63, 3.8) is 0 Å². The molecule has 2 aromatic rings. The zero-order valence-corrected chi connectivity index (χ0v) is 12.3. The first-order chi connectivity index (χ1) is 9.08. The van der Waals surface area contributed by atoms with Crippen molar-refractivity contribution in [3.05, 3.63) is 45.9 Å². The van der Waals surface area contributed by atoms with Crippen LogP contribution < -0.4 is 10.1 Å². The van der Waals surface area contributed by atoms with Gasteiger partial charge in [-0.1, -0.05) is 18.2 Å². The molecule has 0 bridgehead atoms. The van der Waals surface area contributed by atoms with Crippen molar-refractivity contribution in [2.75, 3.05) is 0 Å². The Balaban J connectivity index is 1.82. The van der Waals surface area contributed by atoms with E-state index in [1.165, 1.54) is 10.4 Å². The lowest BCUT2D eigenvalue weighted by molar-refractivity contribution is 0.0959. The number of rotatable bonds is 3. The second kappa shape index (κ2) is 4.62. The number of para-hydroxylation sites is 1. The average Bonchev–Trinajstić information content (AvgIpc) is 2.87. The summed E-state index contributed by atoms with van der Waals surface area (Å²) in [5.74, 6) is 0.992. The summed E-state index contributed by atoms with van der Waals surface area (Å²) in [4.78, 5) is 5.58. The van der Waals surface area contributed by atoms with E-state index in [0.29, 0.717) is 0 Å². The smallest absolute Gasteiger partial charge is 0.125 e. The van der Waals surface area contributed by atoms with Gasteiger partial charge in [-0.2, -0.15) is 0 Å². The van der Waals surface area contributed by atoms with Crippen molar-refractivity contribution >= 4 is 11.3 Å². The predicted molar refractivity (Wildman–Crippen MR) is 77.6 cm³/mol. The molecular weight excluding hydrogens is 256 g/mol. The van der Waals surface area contributed by atoms with Crippen LogP contribution in [0.2, 0.25) is 0 Å². The molecule has 1 atom stereocenters. The predicted octanol–water partition coefficient (Wildman–Crippen LogP) is 3.45. The number of hydrogen-bond donors (Lipinski definition) is 1. The topological polar surface area (TPSA) is 34.2 Å². The molecule has 100 valence electrons. The van der Waals surface area contributed by atoms with Crippen molar-refractivity contribution in [2.45, 2.75) is 39.0 Å². The standard InChI is InChI=1S/C15H18N2OS/c1-10-13(19-9-17-10)8-16-14-11-6-4-5-7-12(11)18-15(14,2)3/h4-7,9,14,16H,8H2,1-3H3. The minimum Gasteiger partial charge on any atom is -0.486 e. The van der Waals surface area contributed by atoms with E-state index in [9.17, 15) is 0 Å². The van der Waals surface area contributed by atoms with E-state index in [0.717, 1.165) is 18.0 Å². The van der Waals surface area contributed by atoms with E-state index in [1.807, 2.05) is 17.6 Å². The Morgan fingerprint density at radius 2 is 2.16 bits per heavy atom. The van der Waals surface area contributed by atoms with Gasteiger partial charge in [0.05, 0.1) is 17.2 Å². The summed E-state index contributed by atoms with van der Waals surface area (Å²) in [6, 6.07) is 8.48. The van der Waals surface area contributed by atoms with Crippen molar-refractivity contribution in [3.8, 4) is 5.75 Å². The van der Waals surface area contributed by atoms with Gasteiger partial charge in [-0.3, -0.25) is 0 Å². The lowest BCUT2D eigenvalue weighted by Gasteiger charge is -2.27. The van der Waals surface area contributed by atoms with E-state index < -0.39 is 0 Å². The maximum absolute atomic E-state index is 6.03. The number of nitrogens with zero attached hydrogens (tertiary/aromatic N) is 1. The van der Waals surface area contributed by atoms with Crippen molar-refractivity contribution in [1.82, 2.24) is 10.3 Å². The minimum absolute atomic E-state index is 0.213. The maximum Gasteiger partial charge on any atom is 0.125 e. The van der Waals surface area contributed by atoms with Crippen LogP contribution in [-0.2, 0) is 6.54 Å². The highest BCUT2D eigenvalue weighted by Crippen LogP contribution is 2.42. The Kier molecular flexibility index (Phi) is 3.07. The highest BCUT2D eigenvalue weighted by molar-refractivity contribution is 7.09. The van der Waals surface area contributed by atoms with E-state index in [4.69, 9.17) is 4.74 Å². The SMILES string of the molecule is Cc1ncsc1CNC1c2ccccc2OC1(C)C. The molecule has 3 nitrogen and oxygen atoms in total. The van der Waals surface area contributed by atoms with Crippen LogP contribution in [-0.4, -0.2) is 10.6 Å². The minimum atomic E-state index is -0.220. The molecule has 0 saturated heterocycles. The van der Waals surface area contributed by atoms with Gasteiger partial charge >= 0.3 is 0 Å². The molecule has 1 aliphatic rings. The number of ether oxygens (including phenoxy) is 1. The highest BCUT2D eigenvalue weighted by atomic mass is 32.1. The number of hydrogen-bond acceptors (Lipinski definition) is 4. The van der Waals surface area contributed by atoms with Crippen LogP contribution in [0.25, 0.3) is 0 Å². The second-order valence-corrected chi connectivity index (χ2v) is 6.36. The average molecular weight is 274 g/mol. The molecule has 1 N–H and O–H groups in total. The van der Waals surface area contributed by atoms with Gasteiger partial charge in [-0.05, 0) is 26.8 Å². The van der Waals surface area contributed by atoms with Crippen molar-refractivity contribution in [2.24, 2.45) is 0 Å². The van der Waals surface area contributed by atoms with Crippen LogP contribution in [0.3, 0.4) is 0 Å². The molecule has 19 heavy (non-hydrogen) atoms. The Hall–Kier alpha value is -1.39. The van der Waals surface area contributed by atoms with Gasteiger partial charge in [0.1, 0.15) is 11.4 Å². The molecule has 0 fully saturated rings. The third-order valence-electron chi connectivity index (χ3n) is 3.61. The number of aryl methyl sites for hydroxylation is 1. The quantitative estimate of drug-likeness (QED) is 0.930. The summed E-state index contributed by atoms with van der Waals surface area (Å²) < 4.78 is 6.03. The number of benzene rings is 1. The maximum atomic E-state index is 6.03. The molecule has 1 aromatic carbocycles. The molecule has 1 aliphatic heterocycles. The third-order valence-corrected chi connectivity index (χ3v) is 4.54. The molecule has 1 aromatic heterocycles. The summed E-state index contributed by atoms with van der Waals surface area (Å²) in [5.41, 5.74) is 4.04. The van der Waals surface area contributed by atoms with E-state index in [1.54, 1.807) is 11.3 Å². The van der Waals surface area contributed by atoms with Crippen LogP contribution in [0, 0.1) is 6.92 Å². The molecule has 0 saturated carbocycles. The first-order valence-electron chi connectivity index (χ1n) is 6.48. The molecule has 0 spiro atoms. The first-order valence-corrected chi connectivity index (χ1v) is 7.36. The summed E-state index contributed by atoms with van der Waals surface area (Å²) >= 11 is 1.70. The molecule has 0 amide bonds. The Morgan fingerprint density at radius 1 is 1.37 bits per heavy atom. The molecule has 1 unspecified atom stereocenters. The first kappa shape index (κ1) is 12.6. The van der Waals surface area contributed by atoms with Gasteiger partial charge in [0.25, 0.3) is 0 Å². The summed E-state index contributed by atoms with van der Waals surface area (Å²) in [5, 5.41) is 3.62. The van der Waals surface area contributed by atoms with Crippen LogP contribution >= 0.6 is 11.3 Å². The van der Waals surface area contributed by atoms with Crippen molar-refractivity contribution in [1.29, 1.82) is 0 Å². The third kappa shape index (κ3) is 2.26. The Morgan fingerprint density at radius 3 is 2.89 bits per heavy atom. The summed E-state index contributed by atoms with van der Waals surface area (Å²) in [6.07, 6.45) is 0. The normalized spacial score (nSPS) is 20.1. The summed E-state index contributed by atoms with van der Waals surface area (Å²) in [7, 11) is 0. The number of nitrogens with one attached hydrogen (secondary N) is 1. The van der Waals surface area contributed by atoms with Gasteiger partial charge in [-0.15, -0.1) is 11.3 Å². The molecule has 2 heterocycles. The van der Waals surface area contributed by atoms with Crippen LogP contribution in [0.1, 0.15) is 36.0 Å². The molecule has 4 heteroatoms. The number of thiazole rings is 1. The van der Waals surface area contributed by atoms with E-state index in [2.05, 4.69) is 43.2 Å². The fourth-order valence-electron chi connectivity index (χ4n) is 2.58. The molecular formula is C15H18N2OS. The van der Waals surface area contributed by atoms with Crippen LogP contribution in [0.4, 0.5) is 0 Å². The fourth-order valence-corrected chi connectivity index (χ4v) is 3.30. The van der Waals surface area contributed by atoms with E-state index >= 15 is 0 Å². The largest absolute Gasteiger partial charge is 0.486 e. The van der Waals surface area contributed by atoms with Crippen LogP contribution in [0.15, 0.2) is 29.8 Å². The van der Waals surface area contributed by atoms with Gasteiger partial charge in [0.2, 0.25) is 0 Å². The zero-order chi connectivity index (χ0) is 13.5. The molecule has 3 rings (SSSR count). The lowest BCUT2D eigenvalue weighted by atomic mass is 9.94. The second-order valence-electron chi connectivity index (χ2n) is 5.42.